The number of aromatic nitrogens is 3. The van der Waals surface area contributed by atoms with Crippen LogP contribution in [0, 0.1) is 0 Å². The van der Waals surface area contributed by atoms with Crippen LogP contribution in [0.4, 0.5) is 11.5 Å². The number of H-pyrrole nitrogens is 1. The van der Waals surface area contributed by atoms with Crippen molar-refractivity contribution in [3.63, 3.8) is 0 Å². The number of primary sulfonamides is 1. The first-order valence-corrected chi connectivity index (χ1v) is 12.0. The lowest BCUT2D eigenvalue weighted by atomic mass is 10.1. The minimum Gasteiger partial charge on any atom is -0.345 e. The summed E-state index contributed by atoms with van der Waals surface area (Å²) in [7, 11) is -6.05. The van der Waals surface area contributed by atoms with Crippen LogP contribution >= 0.6 is 0 Å². The summed E-state index contributed by atoms with van der Waals surface area (Å²) in [5, 5.41) is 8.96. The van der Waals surface area contributed by atoms with Gasteiger partial charge in [-0.2, -0.15) is 0 Å². The molecule has 0 aliphatic heterocycles. The van der Waals surface area contributed by atoms with E-state index in [1.165, 1.54) is 37.6 Å². The van der Waals surface area contributed by atoms with Crippen LogP contribution < -0.4 is 15.2 Å². The zero-order chi connectivity index (χ0) is 22.2. The molecule has 0 unspecified atom stereocenters. The lowest BCUT2D eigenvalue weighted by Gasteiger charge is -2.10. The molecule has 0 radical (unpaired) electrons. The summed E-state index contributed by atoms with van der Waals surface area (Å²) in [6, 6.07) is 12.4. The molecular formula is C19H18N6O4S2. The Morgan fingerprint density at radius 3 is 2.39 bits per heavy atom. The van der Waals surface area contributed by atoms with Crippen LogP contribution in [0.2, 0.25) is 0 Å². The topological polar surface area (TPSA) is 160 Å². The van der Waals surface area contributed by atoms with Crippen LogP contribution in [0.5, 0.6) is 0 Å². The maximum atomic E-state index is 12.1. The molecule has 0 aliphatic carbocycles. The zero-order valence-corrected chi connectivity index (χ0v) is 17.8. The van der Waals surface area contributed by atoms with Crippen molar-refractivity contribution >= 4 is 42.6 Å². The van der Waals surface area contributed by atoms with Crippen molar-refractivity contribution in [1.29, 1.82) is 0 Å². The van der Waals surface area contributed by atoms with Crippen molar-refractivity contribution in [2.75, 3.05) is 12.4 Å². The third kappa shape index (κ3) is 4.14. The highest BCUT2D eigenvalue weighted by molar-refractivity contribution is 7.89. The van der Waals surface area contributed by atoms with Crippen LogP contribution in [0.3, 0.4) is 0 Å². The van der Waals surface area contributed by atoms with E-state index in [2.05, 4.69) is 25.0 Å². The molecule has 4 rings (SSSR count). The predicted octanol–water partition coefficient (Wildman–Crippen LogP) is 1.92. The Morgan fingerprint density at radius 1 is 0.968 bits per heavy atom. The fourth-order valence-electron chi connectivity index (χ4n) is 3.11. The molecule has 0 amide bonds. The van der Waals surface area contributed by atoms with Gasteiger partial charge in [-0.3, -0.25) is 0 Å². The number of nitrogens with zero attached hydrogens (tertiary/aromatic N) is 2. The third-order valence-corrected chi connectivity index (χ3v) is 6.98. The summed E-state index contributed by atoms with van der Waals surface area (Å²) in [6.07, 6.45) is 3.11. The van der Waals surface area contributed by atoms with Crippen molar-refractivity contribution in [2.45, 2.75) is 9.79 Å². The molecule has 2 heterocycles. The van der Waals surface area contributed by atoms with E-state index in [0.717, 1.165) is 11.1 Å². The highest BCUT2D eigenvalue weighted by Crippen LogP contribution is 2.33. The first-order valence-electron chi connectivity index (χ1n) is 8.95. The second-order valence-electron chi connectivity index (χ2n) is 6.58. The van der Waals surface area contributed by atoms with Gasteiger partial charge in [0.1, 0.15) is 17.8 Å². The molecule has 12 heteroatoms. The Labute approximate surface area is 178 Å². The van der Waals surface area contributed by atoms with E-state index >= 15 is 0 Å². The molecule has 0 saturated heterocycles. The van der Waals surface area contributed by atoms with E-state index < -0.39 is 20.0 Å². The van der Waals surface area contributed by atoms with Gasteiger partial charge >= 0.3 is 0 Å². The van der Waals surface area contributed by atoms with E-state index in [4.69, 9.17) is 5.14 Å². The van der Waals surface area contributed by atoms with Crippen molar-refractivity contribution < 1.29 is 16.8 Å². The summed E-state index contributed by atoms with van der Waals surface area (Å²) >= 11 is 0. The number of sulfonamides is 2. The number of aromatic amines is 1. The lowest BCUT2D eigenvalue weighted by Crippen LogP contribution is -2.18. The molecule has 0 atom stereocenters. The highest BCUT2D eigenvalue weighted by atomic mass is 32.2. The van der Waals surface area contributed by atoms with Gasteiger partial charge < -0.3 is 10.3 Å². The molecule has 4 aromatic rings. The quantitative estimate of drug-likeness (QED) is 0.343. The van der Waals surface area contributed by atoms with E-state index in [0.29, 0.717) is 22.5 Å². The Bertz CT molecular complexity index is 1480. The average molecular weight is 459 g/mol. The first-order chi connectivity index (χ1) is 14.7. The third-order valence-electron chi connectivity index (χ3n) is 4.64. The van der Waals surface area contributed by atoms with Gasteiger partial charge in [0.25, 0.3) is 0 Å². The fourth-order valence-corrected chi connectivity index (χ4v) is 4.40. The highest BCUT2D eigenvalue weighted by Gasteiger charge is 2.16. The molecule has 0 fully saturated rings. The van der Waals surface area contributed by atoms with E-state index in [9.17, 15) is 16.8 Å². The number of fused-ring (bicyclic) bond motifs is 1. The van der Waals surface area contributed by atoms with Gasteiger partial charge in [-0.05, 0) is 42.9 Å². The summed E-state index contributed by atoms with van der Waals surface area (Å²) in [6.45, 7) is 0. The molecule has 0 bridgehead atoms. The molecule has 31 heavy (non-hydrogen) atoms. The second kappa shape index (κ2) is 7.74. The normalized spacial score (nSPS) is 12.2. The van der Waals surface area contributed by atoms with Gasteiger partial charge in [0.15, 0.2) is 0 Å². The summed E-state index contributed by atoms with van der Waals surface area (Å²) in [4.78, 5) is 11.7. The number of hydrogen-bond donors (Lipinski definition) is 4. The SMILES string of the molecule is CNS(=O)(=O)c1cccc(Nc2ncnc3[nH]cc(-c4ccc(S(N)(=O)=O)cc4)c23)c1. The largest absolute Gasteiger partial charge is 0.345 e. The first kappa shape index (κ1) is 20.9. The summed E-state index contributed by atoms with van der Waals surface area (Å²) in [5.41, 5.74) is 2.54. The van der Waals surface area contributed by atoms with Crippen LogP contribution in [0.15, 0.2) is 70.8 Å². The smallest absolute Gasteiger partial charge is 0.240 e. The van der Waals surface area contributed by atoms with Crippen molar-refractivity contribution in [1.82, 2.24) is 19.7 Å². The number of benzene rings is 2. The van der Waals surface area contributed by atoms with Gasteiger partial charge in [0.2, 0.25) is 20.0 Å². The molecule has 2 aromatic heterocycles. The maximum Gasteiger partial charge on any atom is 0.240 e. The molecule has 5 N–H and O–H groups in total. The van der Waals surface area contributed by atoms with E-state index in [1.54, 1.807) is 30.5 Å². The van der Waals surface area contributed by atoms with Crippen LogP contribution in [-0.2, 0) is 20.0 Å². The molecule has 10 nitrogen and oxygen atoms in total. The van der Waals surface area contributed by atoms with Crippen LogP contribution in [0.1, 0.15) is 0 Å². The summed E-state index contributed by atoms with van der Waals surface area (Å²) < 4.78 is 49.5. The monoisotopic (exact) mass is 458 g/mol. The van der Waals surface area contributed by atoms with E-state index in [1.807, 2.05) is 0 Å². The minimum atomic E-state index is -3.80. The van der Waals surface area contributed by atoms with Crippen molar-refractivity contribution in [3.05, 3.63) is 61.1 Å². The van der Waals surface area contributed by atoms with Gasteiger partial charge in [0, 0.05) is 17.4 Å². The minimum absolute atomic E-state index is 0.00764. The van der Waals surface area contributed by atoms with Gasteiger partial charge in [0.05, 0.1) is 15.2 Å². The van der Waals surface area contributed by atoms with Crippen molar-refractivity contribution in [2.24, 2.45) is 5.14 Å². The number of hydrogen-bond acceptors (Lipinski definition) is 7. The molecule has 0 spiro atoms. The zero-order valence-electron chi connectivity index (χ0n) is 16.2. The molecule has 2 aromatic carbocycles. The maximum absolute atomic E-state index is 12.1. The van der Waals surface area contributed by atoms with Gasteiger partial charge in [-0.1, -0.05) is 18.2 Å². The molecule has 0 aliphatic rings. The Hall–Kier alpha value is -3.32. The molecule has 0 saturated carbocycles. The Morgan fingerprint density at radius 2 is 1.71 bits per heavy atom. The number of nitrogens with one attached hydrogen (secondary N) is 3. The number of nitrogens with two attached hydrogens (primary N) is 1. The Kier molecular flexibility index (Phi) is 5.23. The number of anilines is 2. The average Bonchev–Trinajstić information content (AvgIpc) is 3.19. The number of rotatable bonds is 6. The van der Waals surface area contributed by atoms with Crippen molar-refractivity contribution in [3.8, 4) is 11.1 Å². The molecule has 160 valence electrons. The van der Waals surface area contributed by atoms with Gasteiger partial charge in [-0.25, -0.2) is 36.7 Å². The van der Waals surface area contributed by atoms with E-state index in [-0.39, 0.29) is 9.79 Å². The predicted molar refractivity (Wildman–Crippen MR) is 117 cm³/mol. The van der Waals surface area contributed by atoms with Crippen LogP contribution in [0.25, 0.3) is 22.2 Å². The second-order valence-corrected chi connectivity index (χ2v) is 10.0. The molecular weight excluding hydrogens is 440 g/mol. The standard InChI is InChI=1S/C19H18N6O4S2/c1-21-31(28,29)15-4-2-3-13(9-15)25-19-17-16(10-22-18(17)23-11-24-19)12-5-7-14(8-6-12)30(20,26)27/h2-11,21H,1H3,(H2,20,26,27)(H2,22,23,24,25). The van der Waals surface area contributed by atoms with Crippen LogP contribution in [-0.4, -0.2) is 38.8 Å². The lowest BCUT2D eigenvalue weighted by molar-refractivity contribution is 0.588. The Balaban J connectivity index is 1.78. The van der Waals surface area contributed by atoms with Gasteiger partial charge in [-0.15, -0.1) is 0 Å². The summed E-state index contributed by atoms with van der Waals surface area (Å²) in [5.74, 6) is 0.454. The fraction of sp³-hybridized carbons (Fsp3) is 0.0526.